The Morgan fingerprint density at radius 2 is 1.68 bits per heavy atom. The Morgan fingerprint density at radius 3 is 2.32 bits per heavy atom. The minimum Gasteiger partial charge on any atom is -0.262 e. The van der Waals surface area contributed by atoms with Crippen molar-refractivity contribution in [2.24, 2.45) is 0 Å². The molecule has 0 aliphatic carbocycles. The summed E-state index contributed by atoms with van der Waals surface area (Å²) in [7, 11) is -3.71. The van der Waals surface area contributed by atoms with Crippen molar-refractivity contribution in [3.05, 3.63) is 64.1 Å². The quantitative estimate of drug-likeness (QED) is 0.797. The van der Waals surface area contributed by atoms with E-state index in [0.717, 1.165) is 15.6 Å². The lowest BCUT2D eigenvalue weighted by molar-refractivity contribution is 0.307. The summed E-state index contributed by atoms with van der Waals surface area (Å²) in [5.41, 5.74) is 1.79. The monoisotopic (exact) mass is 340 g/mol. The zero-order valence-electron chi connectivity index (χ0n) is 10.3. The van der Waals surface area contributed by atoms with Crippen LogP contribution in [0.15, 0.2) is 57.9 Å². The second-order valence-electron chi connectivity index (χ2n) is 4.12. The molecule has 0 amide bonds. The van der Waals surface area contributed by atoms with Gasteiger partial charge in [0.25, 0.3) is 10.1 Å². The Bertz CT molecular complexity index is 663. The fourth-order valence-electron chi connectivity index (χ4n) is 1.53. The van der Waals surface area contributed by atoms with Crippen LogP contribution in [0.3, 0.4) is 0 Å². The third-order valence-corrected chi connectivity index (χ3v) is 4.69. The Morgan fingerprint density at radius 1 is 1.05 bits per heavy atom. The SMILES string of the molecule is Cc1ccc(S(=O)(=O)OCc2ccccc2Br)cc1. The van der Waals surface area contributed by atoms with E-state index in [1.54, 1.807) is 24.3 Å². The molecule has 2 aromatic rings. The van der Waals surface area contributed by atoms with E-state index in [-0.39, 0.29) is 11.5 Å². The minimum atomic E-state index is -3.71. The molecule has 0 aliphatic rings. The van der Waals surface area contributed by atoms with Crippen molar-refractivity contribution >= 4 is 26.0 Å². The molecule has 0 bridgehead atoms. The summed E-state index contributed by atoms with van der Waals surface area (Å²) >= 11 is 3.35. The van der Waals surface area contributed by atoms with Gasteiger partial charge in [0, 0.05) is 4.47 Å². The lowest BCUT2D eigenvalue weighted by Gasteiger charge is -2.07. The summed E-state index contributed by atoms with van der Waals surface area (Å²) in [4.78, 5) is 0.171. The molecule has 0 saturated carbocycles. The van der Waals surface area contributed by atoms with Gasteiger partial charge in [-0.05, 0) is 30.7 Å². The molecule has 0 heterocycles. The average Bonchev–Trinajstić information content (AvgIpc) is 2.38. The summed E-state index contributed by atoms with van der Waals surface area (Å²) in [5, 5.41) is 0. The number of halogens is 1. The maximum Gasteiger partial charge on any atom is 0.297 e. The van der Waals surface area contributed by atoms with E-state index in [4.69, 9.17) is 4.18 Å². The Labute approximate surface area is 121 Å². The van der Waals surface area contributed by atoms with E-state index >= 15 is 0 Å². The van der Waals surface area contributed by atoms with Crippen molar-refractivity contribution in [1.82, 2.24) is 0 Å². The van der Waals surface area contributed by atoms with Crippen LogP contribution in [0.1, 0.15) is 11.1 Å². The molecule has 0 atom stereocenters. The normalized spacial score (nSPS) is 11.5. The highest BCUT2D eigenvalue weighted by molar-refractivity contribution is 9.10. The third kappa shape index (κ3) is 3.65. The summed E-state index contributed by atoms with van der Waals surface area (Å²) in [6, 6.07) is 13.9. The van der Waals surface area contributed by atoms with Crippen LogP contribution in [0.2, 0.25) is 0 Å². The topological polar surface area (TPSA) is 43.4 Å². The van der Waals surface area contributed by atoms with Crippen molar-refractivity contribution in [1.29, 1.82) is 0 Å². The summed E-state index contributed by atoms with van der Waals surface area (Å²) < 4.78 is 29.9. The number of rotatable bonds is 4. The van der Waals surface area contributed by atoms with Gasteiger partial charge in [-0.25, -0.2) is 0 Å². The van der Waals surface area contributed by atoms with Crippen LogP contribution in [-0.4, -0.2) is 8.42 Å². The van der Waals surface area contributed by atoms with Crippen molar-refractivity contribution in [3.63, 3.8) is 0 Å². The molecule has 3 nitrogen and oxygen atoms in total. The molecule has 5 heteroatoms. The van der Waals surface area contributed by atoms with E-state index in [9.17, 15) is 8.42 Å². The number of hydrogen-bond acceptors (Lipinski definition) is 3. The predicted octanol–water partition coefficient (Wildman–Crippen LogP) is 3.66. The zero-order valence-corrected chi connectivity index (χ0v) is 12.7. The molecule has 2 rings (SSSR count). The van der Waals surface area contributed by atoms with Crippen LogP contribution in [0.25, 0.3) is 0 Å². The number of benzene rings is 2. The smallest absolute Gasteiger partial charge is 0.262 e. The van der Waals surface area contributed by atoms with Gasteiger partial charge in [0.05, 0.1) is 11.5 Å². The van der Waals surface area contributed by atoms with Gasteiger partial charge in [0.1, 0.15) is 0 Å². The van der Waals surface area contributed by atoms with Gasteiger partial charge in [-0.1, -0.05) is 51.8 Å². The third-order valence-electron chi connectivity index (χ3n) is 2.64. The van der Waals surface area contributed by atoms with E-state index in [1.165, 1.54) is 0 Å². The summed E-state index contributed by atoms with van der Waals surface area (Å²) in [6.07, 6.45) is 0. The van der Waals surface area contributed by atoms with Crippen LogP contribution in [-0.2, 0) is 20.9 Å². The first-order valence-corrected chi connectivity index (χ1v) is 7.89. The molecule has 0 fully saturated rings. The molecule has 0 spiro atoms. The van der Waals surface area contributed by atoms with Crippen molar-refractivity contribution in [3.8, 4) is 0 Å². The highest BCUT2D eigenvalue weighted by atomic mass is 79.9. The molecule has 0 aliphatic heterocycles. The van der Waals surface area contributed by atoms with E-state index in [0.29, 0.717) is 0 Å². The zero-order chi connectivity index (χ0) is 13.9. The largest absolute Gasteiger partial charge is 0.297 e. The number of aryl methyl sites for hydroxylation is 1. The maximum atomic E-state index is 12.0. The first-order valence-electron chi connectivity index (χ1n) is 5.68. The lowest BCUT2D eigenvalue weighted by Crippen LogP contribution is -2.06. The predicted molar refractivity (Wildman–Crippen MR) is 77.3 cm³/mol. The average molecular weight is 341 g/mol. The Balaban J connectivity index is 2.14. The molecule has 2 aromatic carbocycles. The first kappa shape index (κ1) is 14.2. The lowest BCUT2D eigenvalue weighted by atomic mass is 10.2. The van der Waals surface area contributed by atoms with Gasteiger partial charge in [-0.2, -0.15) is 8.42 Å². The molecular weight excluding hydrogens is 328 g/mol. The highest BCUT2D eigenvalue weighted by Crippen LogP contribution is 2.20. The molecule has 0 N–H and O–H groups in total. The molecular formula is C14H13BrO3S. The maximum absolute atomic E-state index is 12.0. The van der Waals surface area contributed by atoms with Crippen molar-refractivity contribution in [2.75, 3.05) is 0 Å². The van der Waals surface area contributed by atoms with Crippen LogP contribution in [0.4, 0.5) is 0 Å². The molecule has 0 unspecified atom stereocenters. The van der Waals surface area contributed by atoms with Gasteiger partial charge in [-0.15, -0.1) is 0 Å². The van der Waals surface area contributed by atoms with Crippen LogP contribution in [0, 0.1) is 6.92 Å². The molecule has 100 valence electrons. The molecule has 19 heavy (non-hydrogen) atoms. The molecule has 0 radical (unpaired) electrons. The van der Waals surface area contributed by atoms with E-state index in [2.05, 4.69) is 15.9 Å². The van der Waals surface area contributed by atoms with E-state index in [1.807, 2.05) is 31.2 Å². The Kier molecular flexibility index (Phi) is 4.39. The first-order chi connectivity index (χ1) is 8.99. The van der Waals surface area contributed by atoms with Gasteiger partial charge in [-0.3, -0.25) is 4.18 Å². The van der Waals surface area contributed by atoms with Crippen LogP contribution >= 0.6 is 15.9 Å². The summed E-state index contributed by atoms with van der Waals surface area (Å²) in [6.45, 7) is 1.91. The Hall–Kier alpha value is -1.17. The number of hydrogen-bond donors (Lipinski definition) is 0. The highest BCUT2D eigenvalue weighted by Gasteiger charge is 2.15. The second kappa shape index (κ2) is 5.86. The van der Waals surface area contributed by atoms with Gasteiger partial charge in [0.15, 0.2) is 0 Å². The van der Waals surface area contributed by atoms with E-state index < -0.39 is 10.1 Å². The standard InChI is InChI=1S/C14H13BrO3S/c1-11-6-8-13(9-7-11)19(16,17)18-10-12-4-2-3-5-14(12)15/h2-9H,10H2,1H3. The summed E-state index contributed by atoms with van der Waals surface area (Å²) in [5.74, 6) is 0. The fraction of sp³-hybridized carbons (Fsp3) is 0.143. The van der Waals surface area contributed by atoms with Gasteiger partial charge < -0.3 is 0 Å². The molecule has 0 aromatic heterocycles. The fourth-order valence-corrected chi connectivity index (χ4v) is 2.82. The van der Waals surface area contributed by atoms with Crippen molar-refractivity contribution < 1.29 is 12.6 Å². The molecule has 0 saturated heterocycles. The van der Waals surface area contributed by atoms with Crippen LogP contribution in [0.5, 0.6) is 0 Å². The second-order valence-corrected chi connectivity index (χ2v) is 6.59. The minimum absolute atomic E-state index is 0.0115. The van der Waals surface area contributed by atoms with Crippen LogP contribution < -0.4 is 0 Å². The van der Waals surface area contributed by atoms with Crippen molar-refractivity contribution in [2.45, 2.75) is 18.4 Å². The van der Waals surface area contributed by atoms with Gasteiger partial charge in [0.2, 0.25) is 0 Å². The van der Waals surface area contributed by atoms with Gasteiger partial charge >= 0.3 is 0 Å².